The van der Waals surface area contributed by atoms with Crippen molar-refractivity contribution in [3.05, 3.63) is 30.2 Å². The van der Waals surface area contributed by atoms with Crippen LogP contribution >= 0.6 is 0 Å². The molecule has 0 unspecified atom stereocenters. The van der Waals surface area contributed by atoms with E-state index in [4.69, 9.17) is 9.52 Å². The molecule has 1 aromatic heterocycles. The summed E-state index contributed by atoms with van der Waals surface area (Å²) in [6.07, 6.45) is 4.94. The zero-order valence-corrected chi connectivity index (χ0v) is 4.95. The van der Waals surface area contributed by atoms with E-state index in [-0.39, 0.29) is 6.61 Å². The maximum atomic E-state index is 8.34. The van der Waals surface area contributed by atoms with Crippen molar-refractivity contribution in [1.82, 2.24) is 0 Å². The fraction of sp³-hybridized carbons (Fsp3) is 0.143. The van der Waals surface area contributed by atoms with Gasteiger partial charge in [0, 0.05) is 0 Å². The molecule has 0 atom stereocenters. The molecule has 0 saturated heterocycles. The lowest BCUT2D eigenvalue weighted by molar-refractivity contribution is 0.343. The van der Waals surface area contributed by atoms with Crippen LogP contribution in [0, 0.1) is 0 Å². The van der Waals surface area contributed by atoms with Crippen molar-refractivity contribution < 1.29 is 9.52 Å². The first-order chi connectivity index (χ1) is 4.43. The molecule has 1 rings (SSSR count). The Balaban J connectivity index is 2.57. The molecule has 0 amide bonds. The monoisotopic (exact) mass is 124 g/mol. The molecule has 9 heavy (non-hydrogen) atoms. The third kappa shape index (κ3) is 1.74. The molecule has 0 spiro atoms. The van der Waals surface area contributed by atoms with Gasteiger partial charge in [-0.25, -0.2) is 0 Å². The molecule has 0 fully saturated rings. The molecular weight excluding hydrogens is 116 g/mol. The standard InChI is InChI=1S/C7H8O2/c8-5-1-3-7-4-2-6-9-7/h1-4,6,8H,5H2/b3-1+. The minimum absolute atomic E-state index is 0.0562. The first-order valence-electron chi connectivity index (χ1n) is 2.74. The number of furan rings is 1. The van der Waals surface area contributed by atoms with E-state index in [9.17, 15) is 0 Å². The average Bonchev–Trinajstić information content (AvgIpc) is 2.34. The predicted molar refractivity (Wildman–Crippen MR) is 34.8 cm³/mol. The largest absolute Gasteiger partial charge is 0.465 e. The van der Waals surface area contributed by atoms with Gasteiger partial charge in [-0.15, -0.1) is 0 Å². The zero-order chi connectivity index (χ0) is 6.53. The molecule has 0 aliphatic rings. The van der Waals surface area contributed by atoms with Crippen LogP contribution in [0.2, 0.25) is 0 Å². The van der Waals surface area contributed by atoms with Crippen LogP contribution in [-0.4, -0.2) is 11.7 Å². The SMILES string of the molecule is OC/C=C/c1ccco1. The van der Waals surface area contributed by atoms with Crippen LogP contribution in [-0.2, 0) is 0 Å². The molecule has 1 N–H and O–H groups in total. The first kappa shape index (κ1) is 6.11. The fourth-order valence-electron chi connectivity index (χ4n) is 0.555. The maximum absolute atomic E-state index is 8.34. The van der Waals surface area contributed by atoms with Gasteiger partial charge in [-0.3, -0.25) is 0 Å². The van der Waals surface area contributed by atoms with Gasteiger partial charge >= 0.3 is 0 Å². The highest BCUT2D eigenvalue weighted by molar-refractivity contribution is 5.41. The molecule has 0 saturated carbocycles. The molecule has 0 aliphatic heterocycles. The van der Waals surface area contributed by atoms with Crippen LogP contribution in [0.25, 0.3) is 6.08 Å². The number of rotatable bonds is 2. The van der Waals surface area contributed by atoms with Crippen molar-refractivity contribution >= 4 is 6.08 Å². The fourth-order valence-corrected chi connectivity index (χ4v) is 0.555. The molecule has 1 aromatic rings. The Morgan fingerprint density at radius 1 is 1.67 bits per heavy atom. The Labute approximate surface area is 53.4 Å². The second kappa shape index (κ2) is 3.10. The third-order valence-electron chi connectivity index (χ3n) is 0.931. The second-order valence-electron chi connectivity index (χ2n) is 1.60. The van der Waals surface area contributed by atoms with E-state index >= 15 is 0 Å². The van der Waals surface area contributed by atoms with Crippen LogP contribution in [0.5, 0.6) is 0 Å². The van der Waals surface area contributed by atoms with E-state index in [0.717, 1.165) is 5.76 Å². The summed E-state index contributed by atoms with van der Waals surface area (Å²) >= 11 is 0. The van der Waals surface area contributed by atoms with Crippen LogP contribution < -0.4 is 0 Å². The van der Waals surface area contributed by atoms with Gasteiger partial charge < -0.3 is 9.52 Å². The third-order valence-corrected chi connectivity index (χ3v) is 0.931. The molecule has 1 heterocycles. The molecule has 2 nitrogen and oxygen atoms in total. The van der Waals surface area contributed by atoms with Crippen molar-refractivity contribution in [1.29, 1.82) is 0 Å². The summed E-state index contributed by atoms with van der Waals surface area (Å²) in [4.78, 5) is 0. The van der Waals surface area contributed by atoms with E-state index in [0.29, 0.717) is 0 Å². The van der Waals surface area contributed by atoms with Gasteiger partial charge in [0.05, 0.1) is 12.9 Å². The van der Waals surface area contributed by atoms with E-state index < -0.39 is 0 Å². The highest BCUT2D eigenvalue weighted by Gasteiger charge is 1.83. The summed E-state index contributed by atoms with van der Waals surface area (Å²) < 4.78 is 4.94. The Morgan fingerprint density at radius 2 is 2.56 bits per heavy atom. The summed E-state index contributed by atoms with van der Waals surface area (Å²) in [5.74, 6) is 0.768. The molecule has 48 valence electrons. The van der Waals surface area contributed by atoms with Crippen molar-refractivity contribution in [2.24, 2.45) is 0 Å². The molecule has 2 heteroatoms. The summed E-state index contributed by atoms with van der Waals surface area (Å²) in [6.45, 7) is 0.0562. The lowest BCUT2D eigenvalue weighted by Gasteiger charge is -1.79. The summed E-state index contributed by atoms with van der Waals surface area (Å²) in [5.41, 5.74) is 0. The van der Waals surface area contributed by atoms with Crippen molar-refractivity contribution in [3.8, 4) is 0 Å². The van der Waals surface area contributed by atoms with Gasteiger partial charge in [-0.2, -0.15) is 0 Å². The lowest BCUT2D eigenvalue weighted by Crippen LogP contribution is -1.68. The van der Waals surface area contributed by atoms with Gasteiger partial charge in [-0.05, 0) is 18.2 Å². The Morgan fingerprint density at radius 3 is 3.11 bits per heavy atom. The normalized spacial score (nSPS) is 10.8. The first-order valence-corrected chi connectivity index (χ1v) is 2.74. The van der Waals surface area contributed by atoms with E-state index in [2.05, 4.69) is 0 Å². The van der Waals surface area contributed by atoms with E-state index in [1.54, 1.807) is 24.5 Å². The molecule has 0 aliphatic carbocycles. The van der Waals surface area contributed by atoms with Gasteiger partial charge in [0.2, 0.25) is 0 Å². The number of hydrogen-bond donors (Lipinski definition) is 1. The summed E-state index contributed by atoms with van der Waals surface area (Å²) in [6, 6.07) is 3.63. The topological polar surface area (TPSA) is 33.4 Å². The van der Waals surface area contributed by atoms with Gasteiger partial charge in [0.25, 0.3) is 0 Å². The van der Waals surface area contributed by atoms with Crippen LogP contribution in [0.15, 0.2) is 28.9 Å². The molecular formula is C7H8O2. The lowest BCUT2D eigenvalue weighted by atomic mass is 10.4. The molecule has 0 radical (unpaired) electrons. The summed E-state index contributed by atoms with van der Waals surface area (Å²) in [5, 5.41) is 8.34. The van der Waals surface area contributed by atoms with Crippen molar-refractivity contribution in [2.45, 2.75) is 0 Å². The highest BCUT2D eigenvalue weighted by atomic mass is 16.3. The smallest absolute Gasteiger partial charge is 0.126 e. The van der Waals surface area contributed by atoms with Crippen LogP contribution in [0.4, 0.5) is 0 Å². The van der Waals surface area contributed by atoms with E-state index in [1.165, 1.54) is 0 Å². The number of aliphatic hydroxyl groups is 1. The predicted octanol–water partition coefficient (Wildman–Crippen LogP) is 1.29. The maximum Gasteiger partial charge on any atom is 0.126 e. The minimum Gasteiger partial charge on any atom is -0.465 e. The Bertz CT molecular complexity index is 175. The second-order valence-corrected chi connectivity index (χ2v) is 1.60. The summed E-state index contributed by atoms with van der Waals surface area (Å²) in [7, 11) is 0. The molecule has 0 bridgehead atoms. The van der Waals surface area contributed by atoms with Crippen LogP contribution in [0.3, 0.4) is 0 Å². The molecule has 0 aromatic carbocycles. The van der Waals surface area contributed by atoms with Crippen molar-refractivity contribution in [3.63, 3.8) is 0 Å². The quantitative estimate of drug-likeness (QED) is 0.644. The minimum atomic E-state index is 0.0562. The van der Waals surface area contributed by atoms with Gasteiger partial charge in [0.15, 0.2) is 0 Å². The van der Waals surface area contributed by atoms with Gasteiger partial charge in [-0.1, -0.05) is 6.08 Å². The Hall–Kier alpha value is -1.02. The Kier molecular flexibility index (Phi) is 2.10. The van der Waals surface area contributed by atoms with E-state index in [1.807, 2.05) is 6.07 Å². The number of aliphatic hydroxyl groups excluding tert-OH is 1. The highest BCUT2D eigenvalue weighted by Crippen LogP contribution is 2.00. The van der Waals surface area contributed by atoms with Crippen LogP contribution in [0.1, 0.15) is 5.76 Å². The number of hydrogen-bond acceptors (Lipinski definition) is 2. The zero-order valence-electron chi connectivity index (χ0n) is 4.95. The average molecular weight is 124 g/mol. The van der Waals surface area contributed by atoms with Crippen molar-refractivity contribution in [2.75, 3.05) is 6.61 Å². The van der Waals surface area contributed by atoms with Gasteiger partial charge in [0.1, 0.15) is 5.76 Å².